The Labute approximate surface area is 149 Å². The van der Waals surface area contributed by atoms with Gasteiger partial charge in [-0.15, -0.1) is 5.10 Å². The molecule has 1 aromatic rings. The van der Waals surface area contributed by atoms with Crippen molar-refractivity contribution in [1.29, 1.82) is 0 Å². The van der Waals surface area contributed by atoms with Crippen molar-refractivity contribution in [3.63, 3.8) is 0 Å². The van der Waals surface area contributed by atoms with E-state index >= 15 is 0 Å². The molecule has 9 nitrogen and oxygen atoms in total. The highest BCUT2D eigenvalue weighted by Crippen LogP contribution is 2.24. The molecule has 4 amide bonds. The minimum absolute atomic E-state index is 0.0197. The summed E-state index contributed by atoms with van der Waals surface area (Å²) in [6, 6.07) is -0.275. The monoisotopic (exact) mass is 367 g/mol. The molecular weight excluding hydrogens is 346 g/mol. The first kappa shape index (κ1) is 17.7. The number of aryl methyl sites for hydroxylation is 1. The zero-order chi connectivity index (χ0) is 18.0. The molecule has 3 heterocycles. The van der Waals surface area contributed by atoms with Crippen molar-refractivity contribution in [2.24, 2.45) is 0 Å². The van der Waals surface area contributed by atoms with Crippen molar-refractivity contribution in [3.05, 3.63) is 10.6 Å². The van der Waals surface area contributed by atoms with Gasteiger partial charge in [-0.05, 0) is 31.3 Å². The van der Waals surface area contributed by atoms with Crippen molar-refractivity contribution in [1.82, 2.24) is 24.3 Å². The Morgan fingerprint density at radius 3 is 2.64 bits per heavy atom. The Bertz CT molecular complexity index is 671. The number of imide groups is 1. The van der Waals surface area contributed by atoms with Crippen LogP contribution >= 0.6 is 11.5 Å². The summed E-state index contributed by atoms with van der Waals surface area (Å²) in [5, 5.41) is 3.88. The van der Waals surface area contributed by atoms with Crippen molar-refractivity contribution in [2.75, 3.05) is 39.9 Å². The summed E-state index contributed by atoms with van der Waals surface area (Å²) in [5.41, 5.74) is 0.645. The second kappa shape index (κ2) is 7.44. The lowest BCUT2D eigenvalue weighted by molar-refractivity contribution is -0.125. The number of rotatable bonds is 5. The summed E-state index contributed by atoms with van der Waals surface area (Å²) in [6.45, 7) is 3.60. The number of carbonyl (C=O) groups is 3. The van der Waals surface area contributed by atoms with E-state index < -0.39 is 0 Å². The van der Waals surface area contributed by atoms with Gasteiger partial charge < -0.3 is 14.5 Å². The Balaban J connectivity index is 1.57. The number of piperidine rings is 1. The van der Waals surface area contributed by atoms with Gasteiger partial charge in [0.2, 0.25) is 5.91 Å². The van der Waals surface area contributed by atoms with E-state index in [1.807, 2.05) is 0 Å². The van der Waals surface area contributed by atoms with E-state index in [4.69, 9.17) is 4.74 Å². The first-order valence-corrected chi connectivity index (χ1v) is 8.98. The van der Waals surface area contributed by atoms with Gasteiger partial charge in [0.25, 0.3) is 5.91 Å². The van der Waals surface area contributed by atoms with E-state index in [1.165, 1.54) is 12.0 Å². The maximum absolute atomic E-state index is 12.5. The lowest BCUT2D eigenvalue weighted by atomic mass is 10.0. The van der Waals surface area contributed by atoms with E-state index in [1.54, 1.807) is 16.7 Å². The molecule has 2 aliphatic rings. The van der Waals surface area contributed by atoms with E-state index in [9.17, 15) is 14.4 Å². The van der Waals surface area contributed by atoms with Crippen molar-refractivity contribution in [3.8, 4) is 0 Å². The van der Waals surface area contributed by atoms with Crippen LogP contribution in [0.2, 0.25) is 0 Å². The first-order valence-electron chi connectivity index (χ1n) is 8.21. The van der Waals surface area contributed by atoms with E-state index in [0.717, 1.165) is 11.5 Å². The maximum Gasteiger partial charge on any atom is 0.327 e. The Hall–Kier alpha value is -2.07. The predicted molar refractivity (Wildman–Crippen MR) is 89.3 cm³/mol. The smallest absolute Gasteiger partial charge is 0.327 e. The number of amides is 4. The number of methoxy groups -OCH3 is 1. The molecule has 0 atom stereocenters. The number of hydrogen-bond acceptors (Lipinski definition) is 7. The standard InChI is InChI=1S/C15H21N5O4S/c1-10-13(25-17-16-10)14(22)18-5-3-11(4-6-18)20-9-12(21)19(15(20)23)7-8-24-2/h11H,3-9H2,1-2H3. The van der Waals surface area contributed by atoms with E-state index in [0.29, 0.717) is 43.1 Å². The fourth-order valence-electron chi connectivity index (χ4n) is 3.20. The van der Waals surface area contributed by atoms with E-state index in [-0.39, 0.29) is 37.0 Å². The summed E-state index contributed by atoms with van der Waals surface area (Å²) in [4.78, 5) is 42.2. The average molecular weight is 367 g/mol. The van der Waals surface area contributed by atoms with Gasteiger partial charge in [-0.2, -0.15) is 0 Å². The molecule has 3 rings (SSSR count). The van der Waals surface area contributed by atoms with Crippen LogP contribution in [-0.4, -0.2) is 88.1 Å². The van der Waals surface area contributed by atoms with Crippen molar-refractivity contribution in [2.45, 2.75) is 25.8 Å². The van der Waals surface area contributed by atoms with Crippen LogP contribution in [0.25, 0.3) is 0 Å². The van der Waals surface area contributed by atoms with Gasteiger partial charge in [0.15, 0.2) is 0 Å². The van der Waals surface area contributed by atoms with Gasteiger partial charge in [-0.1, -0.05) is 4.49 Å². The summed E-state index contributed by atoms with van der Waals surface area (Å²) in [7, 11) is 1.54. The average Bonchev–Trinajstić information content (AvgIpc) is 3.16. The van der Waals surface area contributed by atoms with Gasteiger partial charge in [0.1, 0.15) is 11.4 Å². The molecule has 1 aromatic heterocycles. The van der Waals surface area contributed by atoms with Crippen LogP contribution in [0, 0.1) is 6.92 Å². The highest BCUT2D eigenvalue weighted by Gasteiger charge is 2.40. The lowest BCUT2D eigenvalue weighted by Gasteiger charge is -2.35. The Kier molecular flexibility index (Phi) is 5.28. The molecule has 10 heteroatoms. The minimum atomic E-state index is -0.255. The van der Waals surface area contributed by atoms with Crippen molar-refractivity contribution >= 4 is 29.4 Å². The molecule has 0 unspecified atom stereocenters. The third kappa shape index (κ3) is 3.49. The van der Waals surface area contributed by atoms with Gasteiger partial charge in [0, 0.05) is 26.2 Å². The molecule has 2 fully saturated rings. The Morgan fingerprint density at radius 1 is 1.32 bits per heavy atom. The van der Waals surface area contributed by atoms with Gasteiger partial charge in [-0.25, -0.2) is 4.79 Å². The highest BCUT2D eigenvalue weighted by atomic mass is 32.1. The van der Waals surface area contributed by atoms with Crippen LogP contribution in [0.15, 0.2) is 0 Å². The molecule has 136 valence electrons. The molecule has 25 heavy (non-hydrogen) atoms. The van der Waals surface area contributed by atoms with E-state index in [2.05, 4.69) is 9.59 Å². The quantitative estimate of drug-likeness (QED) is 0.698. The molecular formula is C15H21N5O4S. The zero-order valence-electron chi connectivity index (χ0n) is 14.3. The van der Waals surface area contributed by atoms with Crippen LogP contribution in [-0.2, 0) is 9.53 Å². The first-order chi connectivity index (χ1) is 12.0. The predicted octanol–water partition coefficient (Wildman–Crippen LogP) is 0.362. The van der Waals surface area contributed by atoms with Gasteiger partial charge >= 0.3 is 6.03 Å². The molecule has 0 aliphatic carbocycles. The van der Waals surface area contributed by atoms with Crippen LogP contribution in [0.1, 0.15) is 28.2 Å². The summed E-state index contributed by atoms with van der Waals surface area (Å²) in [5.74, 6) is -0.247. The number of likely N-dealkylation sites (tertiary alicyclic amines) is 1. The maximum atomic E-state index is 12.5. The van der Waals surface area contributed by atoms with Crippen LogP contribution in [0.5, 0.6) is 0 Å². The number of hydrogen-bond donors (Lipinski definition) is 0. The van der Waals surface area contributed by atoms with Gasteiger partial charge in [-0.3, -0.25) is 14.5 Å². The summed E-state index contributed by atoms with van der Waals surface area (Å²) < 4.78 is 8.75. The normalized spacial score (nSPS) is 19.2. The molecule has 0 spiro atoms. The third-order valence-corrected chi connectivity index (χ3v) is 5.46. The molecule has 0 saturated carbocycles. The number of aromatic nitrogens is 2. The molecule has 2 aliphatic heterocycles. The van der Waals surface area contributed by atoms with Gasteiger partial charge in [0.05, 0.1) is 18.8 Å². The summed E-state index contributed by atoms with van der Waals surface area (Å²) in [6.07, 6.45) is 1.32. The number of carbonyl (C=O) groups excluding carboxylic acids is 3. The van der Waals surface area contributed by atoms with Crippen LogP contribution in [0.3, 0.4) is 0 Å². The number of nitrogens with zero attached hydrogens (tertiary/aromatic N) is 5. The molecule has 2 saturated heterocycles. The second-order valence-corrected chi connectivity index (χ2v) is 6.91. The SMILES string of the molecule is COCCN1C(=O)CN(C2CCN(C(=O)c3snnc3C)CC2)C1=O. The molecule has 0 bridgehead atoms. The third-order valence-electron chi connectivity index (χ3n) is 4.64. The number of ether oxygens (including phenoxy) is 1. The fraction of sp³-hybridized carbons (Fsp3) is 0.667. The largest absolute Gasteiger partial charge is 0.383 e. The Morgan fingerprint density at radius 2 is 2.04 bits per heavy atom. The lowest BCUT2D eigenvalue weighted by Crippen LogP contribution is -2.48. The molecule has 0 aromatic carbocycles. The van der Waals surface area contributed by atoms with Crippen LogP contribution < -0.4 is 0 Å². The fourth-order valence-corrected chi connectivity index (χ4v) is 3.83. The second-order valence-electron chi connectivity index (χ2n) is 6.16. The molecule has 0 N–H and O–H groups in total. The highest BCUT2D eigenvalue weighted by molar-refractivity contribution is 7.07. The number of urea groups is 1. The zero-order valence-corrected chi connectivity index (χ0v) is 15.1. The molecule has 0 radical (unpaired) electrons. The minimum Gasteiger partial charge on any atom is -0.383 e. The topological polar surface area (TPSA) is 95.9 Å². The van der Waals surface area contributed by atoms with Crippen LogP contribution in [0.4, 0.5) is 4.79 Å². The van der Waals surface area contributed by atoms with Crippen molar-refractivity contribution < 1.29 is 19.1 Å². The summed E-state index contributed by atoms with van der Waals surface area (Å²) >= 11 is 1.11.